The number of benzene rings is 2. The highest BCUT2D eigenvalue weighted by atomic mass is 79.9. The number of halogens is 2. The van der Waals surface area contributed by atoms with Crippen molar-refractivity contribution >= 4 is 62.4 Å². The zero-order chi connectivity index (χ0) is 23.6. The van der Waals surface area contributed by atoms with Gasteiger partial charge in [-0.15, -0.1) is 0 Å². The Balaban J connectivity index is 1.59. The van der Waals surface area contributed by atoms with Crippen molar-refractivity contribution in [2.45, 2.75) is 20.3 Å². The Morgan fingerprint density at radius 3 is 2.72 bits per heavy atom. The maximum atomic E-state index is 12.4. The van der Waals surface area contributed by atoms with Crippen molar-refractivity contribution in [1.29, 1.82) is 0 Å². The molecule has 168 valence electrons. The molecule has 1 aliphatic heterocycles. The topological polar surface area (TPSA) is 119 Å². The van der Waals surface area contributed by atoms with Crippen molar-refractivity contribution in [2.75, 3.05) is 23.4 Å². The van der Waals surface area contributed by atoms with E-state index < -0.39 is 29.3 Å². The summed E-state index contributed by atoms with van der Waals surface area (Å²) in [6.07, 6.45) is -0.108. The molecule has 1 N–H and O–H groups in total. The third-order valence-electron chi connectivity index (χ3n) is 5.12. The van der Waals surface area contributed by atoms with Crippen LogP contribution in [0, 0.1) is 29.9 Å². The van der Waals surface area contributed by atoms with E-state index in [2.05, 4.69) is 21.2 Å². The number of rotatable bonds is 6. The lowest BCUT2D eigenvalue weighted by Crippen LogP contribution is -2.28. The molecule has 2 aromatic rings. The SMILES string of the molecule is Cc1ccc(N2C[C@H](C(=O)OCC(=O)Nc3ccc(Br)c(Cl)c3C)CC2=O)cc1[N+](=O)[O-]. The summed E-state index contributed by atoms with van der Waals surface area (Å²) in [5, 5.41) is 14.2. The Labute approximate surface area is 196 Å². The summed E-state index contributed by atoms with van der Waals surface area (Å²) in [5.74, 6) is -2.37. The number of hydrogen-bond acceptors (Lipinski definition) is 6. The number of nitro benzene ring substituents is 1. The van der Waals surface area contributed by atoms with E-state index in [1.807, 2.05) is 0 Å². The van der Waals surface area contributed by atoms with Crippen LogP contribution < -0.4 is 10.2 Å². The van der Waals surface area contributed by atoms with Crippen LogP contribution in [-0.4, -0.2) is 35.9 Å². The van der Waals surface area contributed by atoms with Gasteiger partial charge in [0.2, 0.25) is 5.91 Å². The highest BCUT2D eigenvalue weighted by Crippen LogP contribution is 2.32. The molecule has 11 heteroatoms. The summed E-state index contributed by atoms with van der Waals surface area (Å²) < 4.78 is 5.78. The second kappa shape index (κ2) is 9.66. The van der Waals surface area contributed by atoms with E-state index in [4.69, 9.17) is 16.3 Å². The molecule has 32 heavy (non-hydrogen) atoms. The monoisotopic (exact) mass is 523 g/mol. The van der Waals surface area contributed by atoms with Crippen LogP contribution in [0.1, 0.15) is 17.5 Å². The van der Waals surface area contributed by atoms with Crippen LogP contribution in [0.2, 0.25) is 5.02 Å². The summed E-state index contributed by atoms with van der Waals surface area (Å²) in [6.45, 7) is 2.83. The van der Waals surface area contributed by atoms with Crippen molar-refractivity contribution in [3.63, 3.8) is 0 Å². The first-order valence-corrected chi connectivity index (χ1v) is 10.7. The van der Waals surface area contributed by atoms with Crippen molar-refractivity contribution in [1.82, 2.24) is 0 Å². The van der Waals surface area contributed by atoms with Gasteiger partial charge < -0.3 is 15.0 Å². The predicted octanol–water partition coefficient (Wildman–Crippen LogP) is 4.16. The molecule has 3 rings (SSSR count). The number of aryl methyl sites for hydroxylation is 1. The largest absolute Gasteiger partial charge is 0.455 e. The van der Waals surface area contributed by atoms with Crippen LogP contribution >= 0.6 is 27.5 Å². The number of ether oxygens (including phenoxy) is 1. The summed E-state index contributed by atoms with van der Waals surface area (Å²) in [5.41, 5.74) is 1.84. The average Bonchev–Trinajstić information content (AvgIpc) is 3.14. The fraction of sp³-hybridized carbons (Fsp3) is 0.286. The van der Waals surface area contributed by atoms with Gasteiger partial charge in [0, 0.05) is 34.8 Å². The van der Waals surface area contributed by atoms with E-state index in [9.17, 15) is 24.5 Å². The Hall–Kier alpha value is -2.98. The lowest BCUT2D eigenvalue weighted by molar-refractivity contribution is -0.385. The summed E-state index contributed by atoms with van der Waals surface area (Å²) >= 11 is 9.43. The molecule has 1 aliphatic rings. The van der Waals surface area contributed by atoms with Crippen molar-refractivity contribution in [2.24, 2.45) is 5.92 Å². The highest BCUT2D eigenvalue weighted by molar-refractivity contribution is 9.10. The first kappa shape index (κ1) is 23.7. The number of carbonyl (C=O) groups excluding carboxylic acids is 3. The Morgan fingerprint density at radius 2 is 2.03 bits per heavy atom. The van der Waals surface area contributed by atoms with Crippen molar-refractivity contribution < 1.29 is 24.0 Å². The van der Waals surface area contributed by atoms with Crippen LogP contribution in [0.3, 0.4) is 0 Å². The molecule has 0 spiro atoms. The van der Waals surface area contributed by atoms with Gasteiger partial charge in [-0.3, -0.25) is 24.5 Å². The Morgan fingerprint density at radius 1 is 1.31 bits per heavy atom. The molecule has 2 aromatic carbocycles. The predicted molar refractivity (Wildman–Crippen MR) is 122 cm³/mol. The first-order valence-electron chi connectivity index (χ1n) is 9.55. The second-order valence-corrected chi connectivity index (χ2v) is 8.56. The van der Waals surface area contributed by atoms with Gasteiger partial charge in [-0.25, -0.2) is 0 Å². The molecule has 1 fully saturated rings. The molecular weight excluding hydrogens is 506 g/mol. The second-order valence-electron chi connectivity index (χ2n) is 7.32. The molecule has 0 aliphatic carbocycles. The number of carbonyl (C=O) groups is 3. The van der Waals surface area contributed by atoms with E-state index in [-0.39, 0.29) is 24.6 Å². The normalized spacial score (nSPS) is 15.6. The van der Waals surface area contributed by atoms with E-state index >= 15 is 0 Å². The minimum atomic E-state index is -0.778. The van der Waals surface area contributed by atoms with E-state index in [0.29, 0.717) is 32.0 Å². The van der Waals surface area contributed by atoms with Gasteiger partial charge in [0.25, 0.3) is 11.6 Å². The molecule has 0 aromatic heterocycles. The minimum Gasteiger partial charge on any atom is -0.455 e. The highest BCUT2D eigenvalue weighted by Gasteiger charge is 2.37. The number of anilines is 2. The summed E-state index contributed by atoms with van der Waals surface area (Å²) in [4.78, 5) is 48.9. The van der Waals surface area contributed by atoms with Gasteiger partial charge in [-0.2, -0.15) is 0 Å². The van der Waals surface area contributed by atoms with E-state index in [1.165, 1.54) is 11.0 Å². The van der Waals surface area contributed by atoms with Crippen LogP contribution in [0.15, 0.2) is 34.8 Å². The summed E-state index contributed by atoms with van der Waals surface area (Å²) in [7, 11) is 0. The van der Waals surface area contributed by atoms with Crippen molar-refractivity contribution in [3.05, 3.63) is 61.1 Å². The molecule has 9 nitrogen and oxygen atoms in total. The number of esters is 1. The van der Waals surface area contributed by atoms with Crippen molar-refractivity contribution in [3.8, 4) is 0 Å². The molecule has 0 radical (unpaired) electrons. The van der Waals surface area contributed by atoms with Gasteiger partial charge in [-0.05, 0) is 53.5 Å². The Kier molecular flexibility index (Phi) is 7.15. The van der Waals surface area contributed by atoms with Crippen LogP contribution in [0.5, 0.6) is 0 Å². The van der Waals surface area contributed by atoms with Gasteiger partial charge in [-0.1, -0.05) is 17.7 Å². The van der Waals surface area contributed by atoms with Gasteiger partial charge >= 0.3 is 5.97 Å². The maximum absolute atomic E-state index is 12.4. The number of nitrogens with one attached hydrogen (secondary N) is 1. The van der Waals surface area contributed by atoms with Crippen LogP contribution in [0.25, 0.3) is 0 Å². The number of nitro groups is 1. The average molecular weight is 525 g/mol. The quantitative estimate of drug-likeness (QED) is 0.344. The standard InChI is InChI=1S/C21H19BrClN3O6/c1-11-3-4-14(8-17(11)26(30)31)25-9-13(7-19(25)28)21(29)32-10-18(27)24-16-6-5-15(22)20(23)12(16)2/h3-6,8,13H,7,9-10H2,1-2H3,(H,24,27)/t13-/m1/s1. The lowest BCUT2D eigenvalue weighted by Gasteiger charge is -2.17. The zero-order valence-corrected chi connectivity index (χ0v) is 19.5. The van der Waals surface area contributed by atoms with Gasteiger partial charge in [0.05, 0.1) is 21.6 Å². The Bertz CT molecular complexity index is 1120. The van der Waals surface area contributed by atoms with E-state index in [0.717, 1.165) is 0 Å². The third kappa shape index (κ3) is 5.08. The fourth-order valence-corrected chi connectivity index (χ4v) is 3.90. The lowest BCUT2D eigenvalue weighted by atomic mass is 10.1. The molecule has 0 bridgehead atoms. The number of hydrogen-bond donors (Lipinski definition) is 1. The molecule has 0 saturated carbocycles. The smallest absolute Gasteiger partial charge is 0.311 e. The molecule has 1 saturated heterocycles. The molecule has 1 atom stereocenters. The molecular formula is C21H19BrClN3O6. The zero-order valence-electron chi connectivity index (χ0n) is 17.2. The van der Waals surface area contributed by atoms with E-state index in [1.54, 1.807) is 38.1 Å². The third-order valence-corrected chi connectivity index (χ3v) is 6.49. The maximum Gasteiger partial charge on any atom is 0.311 e. The van der Waals surface area contributed by atoms with Crippen LogP contribution in [-0.2, 0) is 19.1 Å². The van der Waals surface area contributed by atoms with Gasteiger partial charge in [0.1, 0.15) is 0 Å². The van der Waals surface area contributed by atoms with Crippen LogP contribution in [0.4, 0.5) is 17.1 Å². The van der Waals surface area contributed by atoms with Gasteiger partial charge in [0.15, 0.2) is 6.61 Å². The first-order chi connectivity index (χ1) is 15.1. The minimum absolute atomic E-state index is 0.0148. The molecule has 0 unspecified atom stereocenters. The molecule has 1 heterocycles. The molecule has 2 amide bonds. The summed E-state index contributed by atoms with van der Waals surface area (Å²) in [6, 6.07) is 7.80. The number of amides is 2. The number of nitrogens with zero attached hydrogens (tertiary/aromatic N) is 2. The fourth-order valence-electron chi connectivity index (χ4n) is 3.31.